The Bertz CT molecular complexity index is 1260. The van der Waals surface area contributed by atoms with Crippen LogP contribution in [0.2, 0.25) is 0 Å². The molecule has 2 saturated heterocycles. The number of anilines is 1. The molecule has 2 aliphatic rings. The molecule has 9 nitrogen and oxygen atoms in total. The van der Waals surface area contributed by atoms with Crippen LogP contribution in [0.1, 0.15) is 36.2 Å². The van der Waals surface area contributed by atoms with E-state index in [1.165, 1.54) is 0 Å². The molecule has 0 bridgehead atoms. The van der Waals surface area contributed by atoms with Crippen molar-refractivity contribution >= 4 is 22.5 Å². The smallest absolute Gasteiger partial charge is 0.159 e. The van der Waals surface area contributed by atoms with E-state index in [9.17, 15) is 9.90 Å². The summed E-state index contributed by atoms with van der Waals surface area (Å²) in [6.07, 6.45) is 1.18. The third kappa shape index (κ3) is 4.98. The standard InChI is InChI=1S/C26H33FN6O3/c1-16-8-19-11-28-33(24(19)9-22(16)21-4-5-31(12-17(2)35)14-23(21)27)26-10-25(29-18(3)30-26)32-6-7-36-20(13-32)15-34/h8-11,20-21,23,34H,4-7,12-15H2,1-3H3/t20-,21-,23-/m1/s1. The minimum absolute atomic E-state index is 0.0391. The van der Waals surface area contributed by atoms with E-state index in [2.05, 4.69) is 26.0 Å². The van der Waals surface area contributed by atoms with Gasteiger partial charge in [-0.15, -0.1) is 0 Å². The van der Waals surface area contributed by atoms with Gasteiger partial charge >= 0.3 is 0 Å². The number of morpholine rings is 1. The number of hydrogen-bond donors (Lipinski definition) is 1. The lowest BCUT2D eigenvalue weighted by Gasteiger charge is -2.35. The maximum atomic E-state index is 15.3. The number of piperidine rings is 1. The Hall–Kier alpha value is -2.95. The lowest BCUT2D eigenvalue weighted by atomic mass is 9.85. The zero-order valence-corrected chi connectivity index (χ0v) is 21.0. The monoisotopic (exact) mass is 496 g/mol. The van der Waals surface area contributed by atoms with Crippen molar-refractivity contribution in [2.24, 2.45) is 0 Å². The maximum absolute atomic E-state index is 15.3. The fraction of sp³-hybridized carbons (Fsp3) is 0.538. The van der Waals surface area contributed by atoms with Crippen molar-refractivity contribution in [1.82, 2.24) is 24.6 Å². The summed E-state index contributed by atoms with van der Waals surface area (Å²) < 4.78 is 22.7. The molecular formula is C26H33FN6O3. The molecule has 4 heterocycles. The number of halogens is 1. The van der Waals surface area contributed by atoms with Crippen LogP contribution >= 0.6 is 0 Å². The van der Waals surface area contributed by atoms with Crippen LogP contribution in [0.4, 0.5) is 10.2 Å². The average Bonchev–Trinajstić information content (AvgIpc) is 3.26. The second kappa shape index (κ2) is 10.2. The van der Waals surface area contributed by atoms with Gasteiger partial charge in [0, 0.05) is 37.0 Å². The molecule has 2 fully saturated rings. The molecule has 0 aliphatic carbocycles. The Labute approximate surface area is 209 Å². The van der Waals surface area contributed by atoms with Crippen LogP contribution in [-0.2, 0) is 9.53 Å². The van der Waals surface area contributed by atoms with Crippen molar-refractivity contribution in [1.29, 1.82) is 0 Å². The number of rotatable bonds is 6. The fourth-order valence-corrected chi connectivity index (χ4v) is 5.41. The van der Waals surface area contributed by atoms with Gasteiger partial charge in [-0.2, -0.15) is 5.10 Å². The molecule has 192 valence electrons. The summed E-state index contributed by atoms with van der Waals surface area (Å²) >= 11 is 0. The molecule has 1 aromatic carbocycles. The maximum Gasteiger partial charge on any atom is 0.159 e. The number of ketones is 1. The van der Waals surface area contributed by atoms with Gasteiger partial charge in [0.05, 0.1) is 37.6 Å². The Morgan fingerprint density at radius 3 is 2.72 bits per heavy atom. The number of benzene rings is 1. The lowest BCUT2D eigenvalue weighted by Crippen LogP contribution is -2.44. The molecule has 3 atom stereocenters. The van der Waals surface area contributed by atoms with E-state index in [1.807, 2.05) is 37.1 Å². The third-order valence-corrected chi connectivity index (χ3v) is 7.12. The number of hydrogen-bond acceptors (Lipinski definition) is 8. The highest BCUT2D eigenvalue weighted by molar-refractivity contribution is 5.82. The van der Waals surface area contributed by atoms with Crippen LogP contribution in [0.15, 0.2) is 24.4 Å². The molecule has 36 heavy (non-hydrogen) atoms. The summed E-state index contributed by atoms with van der Waals surface area (Å²) in [5.74, 6) is 1.85. The van der Waals surface area contributed by atoms with E-state index in [1.54, 1.807) is 11.6 Å². The zero-order valence-electron chi connectivity index (χ0n) is 21.0. The van der Waals surface area contributed by atoms with Crippen LogP contribution in [-0.4, -0.2) is 93.8 Å². The first kappa shape index (κ1) is 24.7. The van der Waals surface area contributed by atoms with Crippen LogP contribution in [0.25, 0.3) is 16.7 Å². The molecule has 3 aromatic rings. The number of carbonyl (C=O) groups excluding carboxylic acids is 1. The molecular weight excluding hydrogens is 463 g/mol. The number of aryl methyl sites for hydroxylation is 2. The fourth-order valence-electron chi connectivity index (χ4n) is 5.41. The molecule has 10 heteroatoms. The number of Topliss-reactive ketones (excluding diaryl/α,β-unsaturated/α-hetero) is 1. The first-order chi connectivity index (χ1) is 17.3. The van der Waals surface area contributed by atoms with Crippen LogP contribution in [0, 0.1) is 13.8 Å². The number of nitrogens with zero attached hydrogens (tertiary/aromatic N) is 6. The van der Waals surface area contributed by atoms with Crippen molar-refractivity contribution in [2.75, 3.05) is 50.8 Å². The van der Waals surface area contributed by atoms with Gasteiger partial charge in [0.2, 0.25) is 0 Å². The van der Waals surface area contributed by atoms with Gasteiger partial charge in [-0.3, -0.25) is 9.69 Å². The summed E-state index contributed by atoms with van der Waals surface area (Å²) in [6, 6.07) is 6.01. The first-order valence-electron chi connectivity index (χ1n) is 12.5. The SMILES string of the molecule is CC(=O)CN1CC[C@H](c2cc3c(cnn3-c3cc(N4CCO[C@@H](CO)C4)nc(C)n3)cc2C)[C@H](F)C1. The van der Waals surface area contributed by atoms with Gasteiger partial charge in [-0.25, -0.2) is 19.0 Å². The molecule has 2 aliphatic heterocycles. The van der Waals surface area contributed by atoms with Gasteiger partial charge < -0.3 is 14.7 Å². The van der Waals surface area contributed by atoms with Crippen molar-refractivity contribution < 1.29 is 19.0 Å². The van der Waals surface area contributed by atoms with E-state index in [-0.39, 0.29) is 31.0 Å². The Morgan fingerprint density at radius 1 is 1.17 bits per heavy atom. The molecule has 0 radical (unpaired) electrons. The summed E-state index contributed by atoms with van der Waals surface area (Å²) in [7, 11) is 0. The summed E-state index contributed by atoms with van der Waals surface area (Å²) in [4.78, 5) is 24.7. The topological polar surface area (TPSA) is 96.6 Å². The van der Waals surface area contributed by atoms with E-state index in [0.717, 1.165) is 27.8 Å². The molecule has 5 rings (SSSR count). The highest BCUT2D eigenvalue weighted by Gasteiger charge is 2.32. The molecule has 2 aromatic heterocycles. The minimum atomic E-state index is -1.04. The van der Waals surface area contributed by atoms with Crippen LogP contribution in [0.5, 0.6) is 0 Å². The van der Waals surface area contributed by atoms with Gasteiger partial charge in [-0.1, -0.05) is 0 Å². The lowest BCUT2D eigenvalue weighted by molar-refractivity contribution is -0.118. The Kier molecular flexibility index (Phi) is 7.00. The number of alkyl halides is 1. The van der Waals surface area contributed by atoms with Gasteiger partial charge in [-0.05, 0) is 57.0 Å². The predicted octanol–water partition coefficient (Wildman–Crippen LogP) is 2.35. The van der Waals surface area contributed by atoms with Crippen molar-refractivity contribution in [3.8, 4) is 5.82 Å². The normalized spacial score (nSPS) is 23.4. The largest absolute Gasteiger partial charge is 0.394 e. The Balaban J connectivity index is 1.47. The quantitative estimate of drug-likeness (QED) is 0.556. The number of ether oxygens (including phenoxy) is 1. The van der Waals surface area contributed by atoms with E-state index in [4.69, 9.17) is 4.74 Å². The van der Waals surface area contributed by atoms with E-state index < -0.39 is 6.17 Å². The molecule has 0 unspecified atom stereocenters. The van der Waals surface area contributed by atoms with Gasteiger partial charge in [0.1, 0.15) is 23.6 Å². The van der Waals surface area contributed by atoms with Crippen molar-refractivity contribution in [3.05, 3.63) is 41.3 Å². The van der Waals surface area contributed by atoms with E-state index in [0.29, 0.717) is 50.8 Å². The summed E-state index contributed by atoms with van der Waals surface area (Å²) in [5.41, 5.74) is 2.88. The zero-order chi connectivity index (χ0) is 25.4. The average molecular weight is 497 g/mol. The van der Waals surface area contributed by atoms with E-state index >= 15 is 4.39 Å². The van der Waals surface area contributed by atoms with Crippen molar-refractivity contribution in [2.45, 2.75) is 45.4 Å². The number of aliphatic hydroxyl groups excluding tert-OH is 1. The number of fused-ring (bicyclic) bond motifs is 1. The number of carbonyl (C=O) groups is 1. The molecule has 0 amide bonds. The highest BCUT2D eigenvalue weighted by Crippen LogP contribution is 2.35. The number of likely N-dealkylation sites (tertiary alicyclic amines) is 1. The third-order valence-electron chi connectivity index (χ3n) is 7.12. The summed E-state index contributed by atoms with van der Waals surface area (Å²) in [6.45, 7) is 8.39. The van der Waals surface area contributed by atoms with Gasteiger partial charge in [0.15, 0.2) is 5.82 Å². The second-order valence-electron chi connectivity index (χ2n) is 9.93. The molecule has 0 spiro atoms. The Morgan fingerprint density at radius 2 is 1.97 bits per heavy atom. The first-order valence-corrected chi connectivity index (χ1v) is 12.5. The summed E-state index contributed by atoms with van der Waals surface area (Å²) in [5, 5.41) is 15.1. The van der Waals surface area contributed by atoms with Gasteiger partial charge in [0.25, 0.3) is 0 Å². The second-order valence-corrected chi connectivity index (χ2v) is 9.93. The van der Waals surface area contributed by atoms with Crippen molar-refractivity contribution in [3.63, 3.8) is 0 Å². The number of aromatic nitrogens is 4. The molecule has 0 saturated carbocycles. The van der Waals surface area contributed by atoms with Crippen LogP contribution < -0.4 is 4.90 Å². The number of aliphatic hydroxyl groups is 1. The van der Waals surface area contributed by atoms with Crippen LogP contribution in [0.3, 0.4) is 0 Å². The predicted molar refractivity (Wildman–Crippen MR) is 135 cm³/mol. The highest BCUT2D eigenvalue weighted by atomic mass is 19.1. The minimum Gasteiger partial charge on any atom is -0.394 e. The molecule has 1 N–H and O–H groups in total.